The van der Waals surface area contributed by atoms with Crippen LogP contribution in [0.25, 0.3) is 0 Å². The molecular weight excluding hydrogens is 290 g/mol. The van der Waals surface area contributed by atoms with Gasteiger partial charge in [0.1, 0.15) is 22.3 Å². The lowest BCUT2D eigenvalue weighted by molar-refractivity contribution is 0.564. The second-order valence-electron chi connectivity index (χ2n) is 5.09. The predicted molar refractivity (Wildman–Crippen MR) is 83.4 cm³/mol. The first-order chi connectivity index (χ1) is 10.1. The minimum atomic E-state index is -0.628. The van der Waals surface area contributed by atoms with Gasteiger partial charge in [-0.3, -0.25) is 0 Å². The molecule has 0 atom stereocenters. The van der Waals surface area contributed by atoms with Crippen molar-refractivity contribution >= 4 is 22.9 Å². The number of thiocarbonyl (C=S) groups is 1. The molecule has 3 rings (SSSR count). The predicted octanol–water partition coefficient (Wildman–Crippen LogP) is 3.16. The van der Waals surface area contributed by atoms with Crippen LogP contribution in [0.3, 0.4) is 0 Å². The summed E-state index contributed by atoms with van der Waals surface area (Å²) in [4.78, 5) is 1.71. The number of hydrogen-bond donors (Lipinski definition) is 1. The monoisotopic (exact) mass is 304 g/mol. The van der Waals surface area contributed by atoms with Gasteiger partial charge in [-0.25, -0.2) is 8.78 Å². The van der Waals surface area contributed by atoms with E-state index in [2.05, 4.69) is 6.07 Å². The molecule has 0 aliphatic carbocycles. The molecular formula is C16H14F2N2S. The highest BCUT2D eigenvalue weighted by Gasteiger charge is 2.22. The molecule has 1 aliphatic heterocycles. The van der Waals surface area contributed by atoms with Crippen molar-refractivity contribution < 1.29 is 8.78 Å². The van der Waals surface area contributed by atoms with Crippen molar-refractivity contribution in [2.24, 2.45) is 5.73 Å². The number of nitrogens with zero attached hydrogens (tertiary/aromatic N) is 1. The number of rotatable bonds is 2. The van der Waals surface area contributed by atoms with Crippen molar-refractivity contribution in [3.05, 3.63) is 64.7 Å². The number of hydrogen-bond acceptors (Lipinski definition) is 2. The third-order valence-corrected chi connectivity index (χ3v) is 3.98. The van der Waals surface area contributed by atoms with E-state index in [1.807, 2.05) is 18.2 Å². The Morgan fingerprint density at radius 3 is 2.33 bits per heavy atom. The Hall–Kier alpha value is -2.01. The van der Waals surface area contributed by atoms with E-state index in [-0.39, 0.29) is 16.2 Å². The van der Waals surface area contributed by atoms with Crippen LogP contribution in [0.4, 0.5) is 14.5 Å². The van der Waals surface area contributed by atoms with Gasteiger partial charge in [0.2, 0.25) is 0 Å². The number of nitrogens with two attached hydrogens (primary N) is 1. The summed E-state index contributed by atoms with van der Waals surface area (Å²) in [5.41, 5.74) is 7.96. The van der Waals surface area contributed by atoms with Crippen LogP contribution >= 0.6 is 12.2 Å². The average Bonchev–Trinajstić information content (AvgIpc) is 2.46. The highest BCUT2D eigenvalue weighted by atomic mass is 32.1. The van der Waals surface area contributed by atoms with Crippen LogP contribution in [0.15, 0.2) is 36.4 Å². The van der Waals surface area contributed by atoms with Crippen molar-refractivity contribution in [1.29, 1.82) is 0 Å². The SMILES string of the molecule is NC(=S)c1cc(F)c(N2CCc3ccccc3C2)c(F)c1. The fraction of sp³-hybridized carbons (Fsp3) is 0.188. The summed E-state index contributed by atoms with van der Waals surface area (Å²) in [6.45, 7) is 1.08. The average molecular weight is 304 g/mol. The lowest BCUT2D eigenvalue weighted by Gasteiger charge is -2.31. The van der Waals surface area contributed by atoms with Crippen molar-refractivity contribution in [2.45, 2.75) is 13.0 Å². The molecule has 21 heavy (non-hydrogen) atoms. The van der Waals surface area contributed by atoms with Crippen LogP contribution in [0.5, 0.6) is 0 Å². The molecule has 0 aromatic heterocycles. The van der Waals surface area contributed by atoms with Crippen LogP contribution in [-0.4, -0.2) is 11.5 Å². The fourth-order valence-corrected chi connectivity index (χ4v) is 2.81. The van der Waals surface area contributed by atoms with Gasteiger partial charge in [0.05, 0.1) is 0 Å². The molecule has 0 spiro atoms. The van der Waals surface area contributed by atoms with Gasteiger partial charge in [-0.15, -0.1) is 0 Å². The molecule has 2 nitrogen and oxygen atoms in total. The van der Waals surface area contributed by atoms with Crippen LogP contribution in [0.1, 0.15) is 16.7 Å². The van der Waals surface area contributed by atoms with Gasteiger partial charge in [0.25, 0.3) is 0 Å². The minimum absolute atomic E-state index is 0.00972. The molecule has 5 heteroatoms. The van der Waals surface area contributed by atoms with Crippen LogP contribution in [0.2, 0.25) is 0 Å². The first-order valence-corrected chi connectivity index (χ1v) is 7.07. The number of benzene rings is 2. The normalized spacial score (nSPS) is 13.9. The lowest BCUT2D eigenvalue weighted by Crippen LogP contribution is -2.32. The van der Waals surface area contributed by atoms with Gasteiger partial charge >= 0.3 is 0 Å². The smallest absolute Gasteiger partial charge is 0.150 e. The third kappa shape index (κ3) is 2.61. The van der Waals surface area contributed by atoms with Gasteiger partial charge < -0.3 is 10.6 Å². The molecule has 2 aromatic carbocycles. The molecule has 1 heterocycles. The Morgan fingerprint density at radius 1 is 1.10 bits per heavy atom. The van der Waals surface area contributed by atoms with Crippen LogP contribution < -0.4 is 10.6 Å². The van der Waals surface area contributed by atoms with Crippen molar-refractivity contribution in [3.63, 3.8) is 0 Å². The first kappa shape index (κ1) is 13.9. The highest BCUT2D eigenvalue weighted by molar-refractivity contribution is 7.80. The molecule has 2 N–H and O–H groups in total. The Balaban J connectivity index is 1.97. The number of fused-ring (bicyclic) bond motifs is 1. The van der Waals surface area contributed by atoms with Gasteiger partial charge in [-0.05, 0) is 29.7 Å². The third-order valence-electron chi connectivity index (χ3n) is 3.75. The summed E-state index contributed by atoms with van der Waals surface area (Å²) in [5.74, 6) is -1.26. The quantitative estimate of drug-likeness (QED) is 0.864. The second kappa shape index (κ2) is 5.41. The maximum Gasteiger partial charge on any atom is 0.150 e. The number of anilines is 1. The summed E-state index contributed by atoms with van der Waals surface area (Å²) in [6, 6.07) is 10.3. The maximum atomic E-state index is 14.2. The molecule has 0 bridgehead atoms. The second-order valence-corrected chi connectivity index (χ2v) is 5.53. The van der Waals surface area contributed by atoms with Crippen LogP contribution in [-0.2, 0) is 13.0 Å². The zero-order chi connectivity index (χ0) is 15.0. The molecule has 0 amide bonds. The van der Waals surface area contributed by atoms with E-state index in [9.17, 15) is 8.78 Å². The summed E-state index contributed by atoms with van der Waals surface area (Å²) in [5, 5.41) is 0. The van der Waals surface area contributed by atoms with E-state index in [1.54, 1.807) is 4.90 Å². The molecule has 0 fully saturated rings. The summed E-state index contributed by atoms with van der Waals surface area (Å²) >= 11 is 4.76. The topological polar surface area (TPSA) is 29.3 Å². The lowest BCUT2D eigenvalue weighted by atomic mass is 9.99. The first-order valence-electron chi connectivity index (χ1n) is 6.67. The van der Waals surface area contributed by atoms with Crippen molar-refractivity contribution in [1.82, 2.24) is 0 Å². The van der Waals surface area contributed by atoms with Gasteiger partial charge in [-0.1, -0.05) is 36.5 Å². The standard InChI is InChI=1S/C16H14F2N2S/c17-13-7-12(16(19)21)8-14(18)15(13)20-6-5-10-3-1-2-4-11(10)9-20/h1-4,7-8H,5-6,9H2,(H2,19,21). The van der Waals surface area contributed by atoms with E-state index in [4.69, 9.17) is 18.0 Å². The summed E-state index contributed by atoms with van der Waals surface area (Å²) in [7, 11) is 0. The minimum Gasteiger partial charge on any atom is -0.389 e. The van der Waals surface area contributed by atoms with Gasteiger partial charge in [0.15, 0.2) is 0 Å². The maximum absolute atomic E-state index is 14.2. The van der Waals surface area contributed by atoms with Gasteiger partial charge in [0, 0.05) is 18.7 Å². The molecule has 0 saturated heterocycles. The van der Waals surface area contributed by atoms with E-state index >= 15 is 0 Å². The van der Waals surface area contributed by atoms with E-state index in [0.29, 0.717) is 13.1 Å². The van der Waals surface area contributed by atoms with Crippen LogP contribution in [0, 0.1) is 11.6 Å². The Bertz CT molecular complexity index is 692. The zero-order valence-corrected chi connectivity index (χ0v) is 12.1. The largest absolute Gasteiger partial charge is 0.389 e. The zero-order valence-electron chi connectivity index (χ0n) is 11.3. The fourth-order valence-electron chi connectivity index (χ4n) is 2.70. The van der Waals surface area contributed by atoms with Gasteiger partial charge in [-0.2, -0.15) is 0 Å². The molecule has 108 valence electrons. The van der Waals surface area contributed by atoms with E-state index in [0.717, 1.165) is 12.0 Å². The van der Waals surface area contributed by atoms with Crippen molar-refractivity contribution in [2.75, 3.05) is 11.4 Å². The Labute approximate surface area is 127 Å². The molecule has 0 unspecified atom stereocenters. The van der Waals surface area contributed by atoms with Crippen molar-refractivity contribution in [3.8, 4) is 0 Å². The number of halogens is 2. The molecule has 0 saturated carbocycles. The molecule has 2 aromatic rings. The Morgan fingerprint density at radius 2 is 1.71 bits per heavy atom. The van der Waals surface area contributed by atoms with E-state index in [1.165, 1.54) is 17.7 Å². The van der Waals surface area contributed by atoms with E-state index < -0.39 is 11.6 Å². The summed E-state index contributed by atoms with van der Waals surface area (Å²) in [6.07, 6.45) is 0.770. The molecule has 0 radical (unpaired) electrons. The summed E-state index contributed by atoms with van der Waals surface area (Å²) < 4.78 is 28.5. The Kier molecular flexibility index (Phi) is 3.59. The highest BCUT2D eigenvalue weighted by Crippen LogP contribution is 2.29. The molecule has 1 aliphatic rings.